The van der Waals surface area contributed by atoms with Crippen molar-refractivity contribution in [3.8, 4) is 0 Å². The number of aliphatic hydroxyl groups is 1. The van der Waals surface area contributed by atoms with Crippen LogP contribution < -0.4 is 5.73 Å². The Morgan fingerprint density at radius 1 is 1.45 bits per heavy atom. The SMILES string of the molecule is C=CCO.C=CCOC(=C)N. The van der Waals surface area contributed by atoms with Crippen LogP contribution in [0.25, 0.3) is 0 Å². The van der Waals surface area contributed by atoms with Crippen molar-refractivity contribution in [2.24, 2.45) is 5.73 Å². The summed E-state index contributed by atoms with van der Waals surface area (Å²) in [5.74, 6) is 0.236. The van der Waals surface area contributed by atoms with E-state index in [1.807, 2.05) is 0 Å². The summed E-state index contributed by atoms with van der Waals surface area (Å²) in [6.45, 7) is 10.5. The summed E-state index contributed by atoms with van der Waals surface area (Å²) in [6.07, 6.45) is 3.04. The van der Waals surface area contributed by atoms with E-state index in [-0.39, 0.29) is 12.5 Å². The number of hydrogen-bond donors (Lipinski definition) is 2. The standard InChI is InChI=1S/C5H9NO.C3H6O/c1-3-4-7-5(2)6;1-2-3-4/h3H,1-2,4,6H2;2,4H,1,3H2. The molecule has 0 radical (unpaired) electrons. The van der Waals surface area contributed by atoms with Gasteiger partial charge in [-0.05, 0) is 6.58 Å². The molecule has 11 heavy (non-hydrogen) atoms. The predicted molar refractivity (Wildman–Crippen MR) is 46.8 cm³/mol. The van der Waals surface area contributed by atoms with Crippen LogP contribution in [-0.4, -0.2) is 18.3 Å². The first-order chi connectivity index (χ1) is 5.18. The lowest BCUT2D eigenvalue weighted by Crippen LogP contribution is -1.99. The largest absolute Gasteiger partial charge is 0.476 e. The van der Waals surface area contributed by atoms with Crippen LogP contribution in [0.2, 0.25) is 0 Å². The molecule has 0 bridgehead atoms. The highest BCUT2D eigenvalue weighted by Crippen LogP contribution is 1.79. The summed E-state index contributed by atoms with van der Waals surface area (Å²) in [5, 5.41) is 7.76. The Hall–Kier alpha value is -1.22. The zero-order valence-corrected chi connectivity index (χ0v) is 6.62. The van der Waals surface area contributed by atoms with E-state index in [1.165, 1.54) is 6.08 Å². The molecular weight excluding hydrogens is 142 g/mol. The van der Waals surface area contributed by atoms with Gasteiger partial charge in [0, 0.05) is 0 Å². The van der Waals surface area contributed by atoms with E-state index >= 15 is 0 Å². The van der Waals surface area contributed by atoms with Crippen molar-refractivity contribution in [3.63, 3.8) is 0 Å². The van der Waals surface area contributed by atoms with Gasteiger partial charge in [-0.2, -0.15) is 0 Å². The van der Waals surface area contributed by atoms with E-state index < -0.39 is 0 Å². The topological polar surface area (TPSA) is 55.5 Å². The van der Waals surface area contributed by atoms with Crippen LogP contribution >= 0.6 is 0 Å². The number of rotatable bonds is 4. The minimum absolute atomic E-state index is 0.0833. The molecule has 0 aliphatic carbocycles. The minimum atomic E-state index is 0.0833. The maximum atomic E-state index is 7.76. The monoisotopic (exact) mass is 157 g/mol. The molecule has 0 heterocycles. The second-order valence-electron chi connectivity index (χ2n) is 1.54. The molecule has 0 spiro atoms. The summed E-state index contributed by atoms with van der Waals surface area (Å²) in [5.41, 5.74) is 5.01. The molecule has 3 nitrogen and oxygen atoms in total. The van der Waals surface area contributed by atoms with E-state index in [0.29, 0.717) is 6.61 Å². The molecule has 3 N–H and O–H groups in total. The van der Waals surface area contributed by atoms with Crippen LogP contribution in [0.5, 0.6) is 0 Å². The summed E-state index contributed by atoms with van der Waals surface area (Å²) in [7, 11) is 0. The van der Waals surface area contributed by atoms with E-state index in [4.69, 9.17) is 10.8 Å². The lowest BCUT2D eigenvalue weighted by molar-refractivity contribution is 0.246. The van der Waals surface area contributed by atoms with Gasteiger partial charge in [0.05, 0.1) is 6.61 Å². The van der Waals surface area contributed by atoms with Crippen molar-refractivity contribution < 1.29 is 9.84 Å². The molecule has 0 aromatic carbocycles. The number of aliphatic hydroxyl groups excluding tert-OH is 1. The first-order valence-electron chi connectivity index (χ1n) is 3.08. The molecule has 0 aliphatic rings. The fourth-order valence-corrected chi connectivity index (χ4v) is 0.166. The van der Waals surface area contributed by atoms with Gasteiger partial charge in [0.15, 0.2) is 5.88 Å². The van der Waals surface area contributed by atoms with Gasteiger partial charge in [0.2, 0.25) is 0 Å². The van der Waals surface area contributed by atoms with Gasteiger partial charge in [-0.1, -0.05) is 18.7 Å². The molecule has 64 valence electrons. The third kappa shape index (κ3) is 28.2. The summed E-state index contributed by atoms with van der Waals surface area (Å²) in [4.78, 5) is 0. The second kappa shape index (κ2) is 11.6. The van der Waals surface area contributed by atoms with Gasteiger partial charge in [0.25, 0.3) is 0 Å². The highest BCUT2D eigenvalue weighted by Gasteiger charge is 1.75. The second-order valence-corrected chi connectivity index (χ2v) is 1.54. The fraction of sp³-hybridized carbons (Fsp3) is 0.250. The zero-order chi connectivity index (χ0) is 9.11. The molecular formula is C8H15NO2. The van der Waals surface area contributed by atoms with Crippen LogP contribution in [-0.2, 0) is 4.74 Å². The third-order valence-electron chi connectivity index (χ3n) is 0.516. The Morgan fingerprint density at radius 2 is 1.91 bits per heavy atom. The van der Waals surface area contributed by atoms with Crippen molar-refractivity contribution in [3.05, 3.63) is 37.8 Å². The van der Waals surface area contributed by atoms with Gasteiger partial charge in [-0.3, -0.25) is 0 Å². The Morgan fingerprint density at radius 3 is 2.00 bits per heavy atom. The number of hydrogen-bond acceptors (Lipinski definition) is 3. The number of nitrogens with two attached hydrogens (primary N) is 1. The number of ether oxygens (including phenoxy) is 1. The Kier molecular flexibility index (Phi) is 13.1. The van der Waals surface area contributed by atoms with Crippen LogP contribution in [0.4, 0.5) is 0 Å². The molecule has 0 rings (SSSR count). The summed E-state index contributed by atoms with van der Waals surface area (Å²) < 4.78 is 4.66. The molecule has 0 unspecified atom stereocenters. The first-order valence-corrected chi connectivity index (χ1v) is 3.08. The van der Waals surface area contributed by atoms with Crippen LogP contribution in [0.15, 0.2) is 37.8 Å². The van der Waals surface area contributed by atoms with Crippen molar-refractivity contribution in [2.75, 3.05) is 13.2 Å². The lowest BCUT2D eigenvalue weighted by atomic mass is 10.7. The van der Waals surface area contributed by atoms with Crippen molar-refractivity contribution in [1.82, 2.24) is 0 Å². The van der Waals surface area contributed by atoms with Crippen molar-refractivity contribution in [2.45, 2.75) is 0 Å². The molecule has 3 heteroatoms. The van der Waals surface area contributed by atoms with Gasteiger partial charge in [0.1, 0.15) is 6.61 Å². The van der Waals surface area contributed by atoms with E-state index in [2.05, 4.69) is 24.5 Å². The molecule has 0 aromatic heterocycles. The Labute approximate surface area is 67.5 Å². The zero-order valence-electron chi connectivity index (χ0n) is 6.62. The normalized spacial score (nSPS) is 7.00. The van der Waals surface area contributed by atoms with Crippen LogP contribution in [0.1, 0.15) is 0 Å². The first kappa shape index (κ1) is 12.5. The van der Waals surface area contributed by atoms with Crippen LogP contribution in [0, 0.1) is 0 Å². The summed E-state index contributed by atoms with van der Waals surface area (Å²) >= 11 is 0. The van der Waals surface area contributed by atoms with E-state index in [1.54, 1.807) is 6.08 Å². The fourth-order valence-electron chi connectivity index (χ4n) is 0.166. The molecule has 0 saturated heterocycles. The molecule has 0 amide bonds. The molecule has 0 atom stereocenters. The lowest BCUT2D eigenvalue weighted by Gasteiger charge is -1.96. The average Bonchev–Trinajstić information content (AvgIpc) is 2.01. The smallest absolute Gasteiger partial charge is 0.176 e. The average molecular weight is 157 g/mol. The summed E-state index contributed by atoms with van der Waals surface area (Å²) in [6, 6.07) is 0. The highest BCUT2D eigenvalue weighted by molar-refractivity contribution is 4.75. The molecule has 0 aromatic rings. The Balaban J connectivity index is 0. The Bertz CT molecular complexity index is 121. The highest BCUT2D eigenvalue weighted by atomic mass is 16.5. The van der Waals surface area contributed by atoms with Crippen molar-refractivity contribution in [1.29, 1.82) is 0 Å². The molecule has 0 saturated carbocycles. The van der Waals surface area contributed by atoms with E-state index in [0.717, 1.165) is 0 Å². The van der Waals surface area contributed by atoms with E-state index in [9.17, 15) is 0 Å². The van der Waals surface area contributed by atoms with Gasteiger partial charge in [-0.15, -0.1) is 6.58 Å². The third-order valence-corrected chi connectivity index (χ3v) is 0.516. The quantitative estimate of drug-likeness (QED) is 0.468. The maximum Gasteiger partial charge on any atom is 0.176 e. The molecule has 0 aliphatic heterocycles. The van der Waals surface area contributed by atoms with Crippen molar-refractivity contribution >= 4 is 0 Å². The maximum absolute atomic E-state index is 7.76. The molecule has 0 fully saturated rings. The van der Waals surface area contributed by atoms with Gasteiger partial charge < -0.3 is 15.6 Å². The predicted octanol–water partition coefficient (Wildman–Crippen LogP) is 0.784. The van der Waals surface area contributed by atoms with Gasteiger partial charge >= 0.3 is 0 Å². The minimum Gasteiger partial charge on any atom is -0.476 e. The van der Waals surface area contributed by atoms with Crippen LogP contribution in [0.3, 0.4) is 0 Å². The van der Waals surface area contributed by atoms with Gasteiger partial charge in [-0.25, -0.2) is 0 Å².